The Morgan fingerprint density at radius 3 is 2.31 bits per heavy atom. The highest BCUT2D eigenvalue weighted by Crippen LogP contribution is 2.49. The highest BCUT2D eigenvalue weighted by Gasteiger charge is 2.61. The van der Waals surface area contributed by atoms with E-state index in [0.717, 1.165) is 0 Å². The number of thioether (sulfide) groups is 1. The maximum absolute atomic E-state index is 14.8. The monoisotopic (exact) mass is 839 g/mol. The number of fused-ring (bicyclic) bond motifs is 1. The maximum Gasteiger partial charge on any atom is 0.328 e. The Labute approximate surface area is 345 Å². The minimum Gasteiger partial charge on any atom is -0.458 e. The third kappa shape index (κ3) is 9.92. The number of hydrogen-bond acceptors (Lipinski definition) is 15. The third-order valence-electron chi connectivity index (χ3n) is 12.6. The number of esters is 3. The Hall–Kier alpha value is -3.09. The van der Waals surface area contributed by atoms with Gasteiger partial charge >= 0.3 is 23.6 Å². The molecule has 3 aliphatic rings. The van der Waals surface area contributed by atoms with E-state index in [1.807, 2.05) is 25.9 Å². The number of Topliss-reactive ketones (excluding diaryl/α,β-unsaturated/α-hetero) is 1. The van der Waals surface area contributed by atoms with E-state index in [-0.39, 0.29) is 43.1 Å². The van der Waals surface area contributed by atoms with Crippen LogP contribution in [0.1, 0.15) is 87.1 Å². The molecule has 0 aromatic carbocycles. The molecule has 0 saturated carbocycles. The second-order valence-electron chi connectivity index (χ2n) is 17.2. The van der Waals surface area contributed by atoms with Gasteiger partial charge in [0.15, 0.2) is 18.0 Å². The number of cyclic esters (lactones) is 1. The Bertz CT molecular complexity index is 1770. The van der Waals surface area contributed by atoms with Crippen molar-refractivity contribution in [3.8, 4) is 0 Å². The highest BCUT2D eigenvalue weighted by atomic mass is 32.2. The van der Waals surface area contributed by atoms with Crippen molar-refractivity contribution in [2.45, 2.75) is 154 Å². The molecular weight excluding hydrogens is 775 g/mol. The molecule has 328 valence electrons. The number of ketones is 1. The molecule has 2 N–H and O–H groups in total. The minimum absolute atomic E-state index is 0.104. The first-order chi connectivity index (χ1) is 27.0. The first-order valence-electron chi connectivity index (χ1n) is 20.3. The summed E-state index contributed by atoms with van der Waals surface area (Å²) in [5, 5.41) is 11.1. The maximum atomic E-state index is 14.8. The van der Waals surface area contributed by atoms with E-state index in [2.05, 4.69) is 4.98 Å². The molecule has 3 saturated heterocycles. The quantitative estimate of drug-likeness (QED) is 0.257. The van der Waals surface area contributed by atoms with Gasteiger partial charge in [-0.25, -0.2) is 4.79 Å². The Morgan fingerprint density at radius 1 is 1.07 bits per heavy atom. The summed E-state index contributed by atoms with van der Waals surface area (Å²) in [7, 11) is 5.24. The molecule has 58 heavy (non-hydrogen) atoms. The molecule has 0 spiro atoms. The average molecular weight is 840 g/mol. The molecule has 0 amide bonds. The average Bonchev–Trinajstić information content (AvgIpc) is 3.41. The molecule has 15 atom stereocenters. The summed E-state index contributed by atoms with van der Waals surface area (Å²) in [6, 6.07) is -0.273. The molecule has 1 aromatic rings. The fourth-order valence-corrected chi connectivity index (χ4v) is 10.7. The first kappa shape index (κ1) is 47.6. The van der Waals surface area contributed by atoms with Crippen LogP contribution in [0.5, 0.6) is 0 Å². The van der Waals surface area contributed by atoms with E-state index in [1.54, 1.807) is 55.4 Å². The second kappa shape index (κ2) is 19.1. The molecule has 0 bridgehead atoms. The molecule has 0 unspecified atom stereocenters. The van der Waals surface area contributed by atoms with E-state index in [4.69, 9.17) is 28.4 Å². The fraction of sp³-hybridized carbons (Fsp3) is 0.805. The molecule has 3 aliphatic heterocycles. The van der Waals surface area contributed by atoms with Crippen LogP contribution in [-0.2, 0) is 54.1 Å². The number of carbonyl (C=O) groups is 4. The van der Waals surface area contributed by atoms with Crippen molar-refractivity contribution in [1.82, 2.24) is 14.5 Å². The van der Waals surface area contributed by atoms with Gasteiger partial charge in [-0.05, 0) is 68.0 Å². The molecule has 0 radical (unpaired) electrons. The number of likely N-dealkylation sites (N-methyl/N-ethyl adjacent to an activating group) is 1. The predicted octanol–water partition coefficient (Wildman–Crippen LogP) is 2.87. The van der Waals surface area contributed by atoms with E-state index in [9.17, 15) is 33.9 Å². The number of aliphatic hydroxyl groups excluding tert-OH is 1. The number of rotatable bonds is 10. The molecular formula is C41H65N3O13S. The lowest BCUT2D eigenvalue weighted by molar-refractivity contribution is -0.303. The van der Waals surface area contributed by atoms with Crippen molar-refractivity contribution in [3.63, 3.8) is 0 Å². The molecule has 16 nitrogen and oxygen atoms in total. The van der Waals surface area contributed by atoms with Crippen molar-refractivity contribution >= 4 is 35.5 Å². The zero-order chi connectivity index (χ0) is 43.6. The number of aromatic nitrogens is 2. The number of hydrogen-bond donors (Lipinski definition) is 2. The van der Waals surface area contributed by atoms with Gasteiger partial charge in [-0.2, -0.15) is 0 Å². The fourth-order valence-electron chi connectivity index (χ4n) is 9.27. The summed E-state index contributed by atoms with van der Waals surface area (Å²) < 4.78 is 38.8. The van der Waals surface area contributed by atoms with Crippen LogP contribution in [0.25, 0.3) is 0 Å². The molecule has 3 fully saturated rings. The molecule has 17 heteroatoms. The minimum atomic E-state index is -1.43. The number of aliphatic hydroxyl groups is 1. The van der Waals surface area contributed by atoms with E-state index in [1.165, 1.54) is 36.6 Å². The number of nitrogens with zero attached hydrogens (tertiary/aromatic N) is 2. The van der Waals surface area contributed by atoms with Crippen LogP contribution in [0.4, 0.5) is 0 Å². The van der Waals surface area contributed by atoms with Crippen LogP contribution in [0.3, 0.4) is 0 Å². The van der Waals surface area contributed by atoms with Crippen molar-refractivity contribution in [2.24, 2.45) is 29.6 Å². The van der Waals surface area contributed by atoms with E-state index < -0.39 is 106 Å². The normalized spacial score (nSPS) is 39.1. The van der Waals surface area contributed by atoms with Gasteiger partial charge in [0.2, 0.25) is 0 Å². The number of methoxy groups -OCH3 is 1. The molecule has 4 rings (SSSR count). The number of nitrogens with one attached hydrogen (secondary N) is 1. The Morgan fingerprint density at radius 2 is 1.72 bits per heavy atom. The number of aromatic amines is 1. The smallest absolute Gasteiger partial charge is 0.328 e. The van der Waals surface area contributed by atoms with E-state index >= 15 is 0 Å². The largest absolute Gasteiger partial charge is 0.458 e. The number of ether oxygens (including phenoxy) is 6. The van der Waals surface area contributed by atoms with Crippen molar-refractivity contribution < 1.29 is 52.7 Å². The molecule has 1 aromatic heterocycles. The van der Waals surface area contributed by atoms with Gasteiger partial charge < -0.3 is 38.4 Å². The highest BCUT2D eigenvalue weighted by molar-refractivity contribution is 8.00. The SMILES string of the molecule is CC[C@H]1OC(=O)[C@H](C)[C@@H](O)[C@H](C)[C@@H](O[C@@H]2O[C@H](C)C[C@H](N(C)C)[C@H]2OC(C)=O)[C@](C)(OC)C[C@@H](C)C(=O)[C@H](C)[C@H]2[C@H](SCCn3cc(C)c(=O)[nH]c3=O)C(=O)O[C@@]21C. The number of H-pyrrole nitrogens is 1. The van der Waals surface area contributed by atoms with E-state index in [0.29, 0.717) is 12.0 Å². The number of aryl methyl sites for hydroxylation is 2. The molecule has 4 heterocycles. The standard InChI is InChI=1S/C41H65N3O13S/c1-14-28-41(10)29(33(37(50)57-41)58-16-15-44-19-21(3)35(48)42-39(44)51)23(5)30(46)20(2)18-40(9,52-13)34(24(6)31(47)25(7)36(49)55-28)56-38-32(54-26(8)45)27(43(11)12)17-22(4)53-38/h19-20,22-25,27-29,31-34,38,47H,14-18H2,1-13H3,(H,42,48,51)/t20-,22-,23-,24+,25-,27+,28-,29+,31+,32-,33+,34-,38+,40-,41-/m1/s1. The predicted molar refractivity (Wildman–Crippen MR) is 215 cm³/mol. The van der Waals surface area contributed by atoms with Crippen LogP contribution >= 0.6 is 11.8 Å². The van der Waals surface area contributed by atoms with Gasteiger partial charge in [-0.3, -0.25) is 33.5 Å². The van der Waals surface area contributed by atoms with Crippen LogP contribution < -0.4 is 11.2 Å². The van der Waals surface area contributed by atoms with Crippen LogP contribution in [0, 0.1) is 36.5 Å². The van der Waals surface area contributed by atoms with Gasteiger partial charge in [0, 0.05) is 61.8 Å². The topological polar surface area (TPSA) is 202 Å². The second-order valence-corrected chi connectivity index (χ2v) is 18.4. The van der Waals surface area contributed by atoms with Gasteiger partial charge in [0.05, 0.1) is 35.9 Å². The third-order valence-corrected chi connectivity index (χ3v) is 13.9. The Balaban J connectivity index is 1.77. The van der Waals surface area contributed by atoms with Crippen molar-refractivity contribution in [1.29, 1.82) is 0 Å². The van der Waals surface area contributed by atoms with Crippen LogP contribution in [-0.4, -0.2) is 130 Å². The lowest BCUT2D eigenvalue weighted by Gasteiger charge is -2.48. The van der Waals surface area contributed by atoms with Crippen LogP contribution in [0.2, 0.25) is 0 Å². The van der Waals surface area contributed by atoms with Crippen LogP contribution in [0.15, 0.2) is 15.8 Å². The summed E-state index contributed by atoms with van der Waals surface area (Å²) >= 11 is 1.23. The lowest BCUT2D eigenvalue weighted by atomic mass is 9.70. The summed E-state index contributed by atoms with van der Waals surface area (Å²) in [5.74, 6) is -5.94. The summed E-state index contributed by atoms with van der Waals surface area (Å²) in [5.41, 5.74) is -3.42. The lowest BCUT2D eigenvalue weighted by Crippen LogP contribution is -2.60. The van der Waals surface area contributed by atoms with Crippen molar-refractivity contribution in [2.75, 3.05) is 27.0 Å². The zero-order valence-corrected chi connectivity index (χ0v) is 37.1. The number of carbonyl (C=O) groups excluding carboxylic acids is 4. The van der Waals surface area contributed by atoms with Gasteiger partial charge in [0.25, 0.3) is 5.56 Å². The first-order valence-corrected chi connectivity index (χ1v) is 21.3. The summed E-state index contributed by atoms with van der Waals surface area (Å²) in [4.78, 5) is 83.8. The zero-order valence-electron chi connectivity index (χ0n) is 36.3. The van der Waals surface area contributed by atoms with Gasteiger partial charge in [-0.15, -0.1) is 11.8 Å². The summed E-state index contributed by atoms with van der Waals surface area (Å²) in [6.45, 7) is 17.0. The molecule has 0 aliphatic carbocycles. The summed E-state index contributed by atoms with van der Waals surface area (Å²) in [6.07, 6.45) is -3.25. The Kier molecular flexibility index (Phi) is 15.7. The van der Waals surface area contributed by atoms with Crippen molar-refractivity contribution in [3.05, 3.63) is 32.6 Å². The van der Waals surface area contributed by atoms with Gasteiger partial charge in [-0.1, -0.05) is 27.7 Å². The van der Waals surface area contributed by atoms with Gasteiger partial charge in [0.1, 0.15) is 17.1 Å².